The summed E-state index contributed by atoms with van der Waals surface area (Å²) in [5.41, 5.74) is 1.86. The van der Waals surface area contributed by atoms with Crippen LogP contribution in [-0.2, 0) is 0 Å². The van der Waals surface area contributed by atoms with Crippen LogP contribution in [0.15, 0.2) is 39.3 Å². The monoisotopic (exact) mass is 344 g/mol. The van der Waals surface area contributed by atoms with Crippen molar-refractivity contribution in [1.82, 2.24) is 9.97 Å². The lowest BCUT2D eigenvalue weighted by Crippen LogP contribution is -2.09. The minimum Gasteiger partial charge on any atom is -0.496 e. The summed E-state index contributed by atoms with van der Waals surface area (Å²) in [4.78, 5) is 21.3. The van der Waals surface area contributed by atoms with Crippen LogP contribution in [0.3, 0.4) is 0 Å². The quantitative estimate of drug-likeness (QED) is 0.718. The topological polar surface area (TPSA) is 55.0 Å². The first-order valence-electron chi connectivity index (χ1n) is 7.00. The molecule has 118 valence electrons. The van der Waals surface area contributed by atoms with Gasteiger partial charge in [-0.2, -0.15) is 0 Å². The number of methoxy groups -OCH3 is 1. The van der Waals surface area contributed by atoms with Gasteiger partial charge >= 0.3 is 0 Å². The first-order valence-corrected chi connectivity index (χ1v) is 9.11. The van der Waals surface area contributed by atoms with E-state index in [9.17, 15) is 4.79 Å². The molecule has 0 aliphatic heterocycles. The summed E-state index contributed by atoms with van der Waals surface area (Å²) >= 11 is 3.11. The molecule has 0 fully saturated rings. The van der Waals surface area contributed by atoms with E-state index in [-0.39, 0.29) is 5.56 Å². The number of aromatic nitrogens is 2. The summed E-state index contributed by atoms with van der Waals surface area (Å²) in [6.07, 6.45) is 4.03. The second-order valence-corrected chi connectivity index (χ2v) is 6.74. The molecule has 23 heavy (non-hydrogen) atoms. The Labute approximate surface area is 142 Å². The Kier molecular flexibility index (Phi) is 4.54. The number of H-pyrrole nitrogens is 1. The summed E-state index contributed by atoms with van der Waals surface area (Å²) in [7, 11) is 1.67. The molecule has 0 bridgehead atoms. The van der Waals surface area contributed by atoms with E-state index < -0.39 is 0 Å². The van der Waals surface area contributed by atoms with E-state index in [1.165, 1.54) is 11.3 Å². The highest BCUT2D eigenvalue weighted by Gasteiger charge is 2.07. The highest BCUT2D eigenvalue weighted by molar-refractivity contribution is 7.98. The van der Waals surface area contributed by atoms with Gasteiger partial charge in [-0.3, -0.25) is 4.79 Å². The fourth-order valence-electron chi connectivity index (χ4n) is 2.31. The molecule has 0 spiro atoms. The normalized spacial score (nSPS) is 11.9. The summed E-state index contributed by atoms with van der Waals surface area (Å²) in [5, 5.41) is 2.52. The highest BCUT2D eigenvalue weighted by atomic mass is 32.2. The Hall–Kier alpha value is -2.05. The first kappa shape index (κ1) is 15.8. The Bertz CT molecular complexity index is 941. The van der Waals surface area contributed by atoms with E-state index in [1.807, 2.05) is 36.8 Å². The number of nitrogens with one attached hydrogen (secondary N) is 1. The Balaban J connectivity index is 2.02. The number of aromatic amines is 1. The number of hydrogen-bond acceptors (Lipinski definition) is 5. The predicted molar refractivity (Wildman–Crippen MR) is 98.6 cm³/mol. The fourth-order valence-corrected chi connectivity index (χ4v) is 3.68. The Morgan fingerprint density at radius 1 is 1.39 bits per heavy atom. The number of hydrogen-bond donors (Lipinski definition) is 1. The molecule has 0 radical (unpaired) electrons. The van der Waals surface area contributed by atoms with E-state index in [0.717, 1.165) is 26.6 Å². The van der Waals surface area contributed by atoms with E-state index >= 15 is 0 Å². The fraction of sp³-hybridized carbons (Fsp3) is 0.176. The number of allylic oxidation sites excluding steroid dienone is 1. The minimum absolute atomic E-state index is 0.0986. The van der Waals surface area contributed by atoms with Crippen LogP contribution in [0, 0.1) is 0 Å². The molecule has 0 saturated heterocycles. The third kappa shape index (κ3) is 3.18. The maximum absolute atomic E-state index is 12.1. The van der Waals surface area contributed by atoms with Crippen molar-refractivity contribution in [3.8, 4) is 5.75 Å². The van der Waals surface area contributed by atoms with Crippen LogP contribution < -0.4 is 10.3 Å². The highest BCUT2D eigenvalue weighted by Crippen LogP contribution is 2.29. The summed E-state index contributed by atoms with van der Waals surface area (Å²) in [6.45, 7) is 1.95. The third-order valence-corrected chi connectivity index (χ3v) is 5.06. The molecule has 4 nitrogen and oxygen atoms in total. The lowest BCUT2D eigenvalue weighted by Gasteiger charge is -2.07. The van der Waals surface area contributed by atoms with Crippen molar-refractivity contribution in [1.29, 1.82) is 0 Å². The number of ether oxygens (including phenoxy) is 1. The zero-order chi connectivity index (χ0) is 16.4. The average Bonchev–Trinajstić information content (AvgIpc) is 3.03. The molecular weight excluding hydrogens is 328 g/mol. The molecule has 0 atom stereocenters. The molecular formula is C17H16N2O2S2. The summed E-state index contributed by atoms with van der Waals surface area (Å²) in [6, 6.07) is 7.80. The van der Waals surface area contributed by atoms with Crippen LogP contribution in [0.2, 0.25) is 0 Å². The smallest absolute Gasteiger partial charge is 0.259 e. The molecule has 3 rings (SSSR count). The molecule has 6 heteroatoms. The van der Waals surface area contributed by atoms with Gasteiger partial charge in [-0.25, -0.2) is 4.98 Å². The van der Waals surface area contributed by atoms with Crippen LogP contribution >= 0.6 is 23.1 Å². The number of thioether (sulfide) groups is 1. The van der Waals surface area contributed by atoms with Crippen molar-refractivity contribution in [3.63, 3.8) is 0 Å². The summed E-state index contributed by atoms with van der Waals surface area (Å²) < 4.78 is 5.34. The van der Waals surface area contributed by atoms with Gasteiger partial charge in [0.1, 0.15) is 16.4 Å². The number of nitrogens with zero attached hydrogens (tertiary/aromatic N) is 1. The van der Waals surface area contributed by atoms with Crippen LogP contribution in [-0.4, -0.2) is 23.3 Å². The van der Waals surface area contributed by atoms with Crippen molar-refractivity contribution in [3.05, 3.63) is 51.4 Å². The van der Waals surface area contributed by atoms with E-state index in [4.69, 9.17) is 4.74 Å². The lowest BCUT2D eigenvalue weighted by atomic mass is 10.1. The Morgan fingerprint density at radius 3 is 2.96 bits per heavy atom. The Morgan fingerprint density at radius 2 is 2.22 bits per heavy atom. The van der Waals surface area contributed by atoms with Gasteiger partial charge in [-0.1, -0.05) is 6.07 Å². The van der Waals surface area contributed by atoms with Gasteiger partial charge in [-0.15, -0.1) is 23.1 Å². The second kappa shape index (κ2) is 6.60. The van der Waals surface area contributed by atoms with Gasteiger partial charge in [0.2, 0.25) is 0 Å². The molecule has 0 amide bonds. The van der Waals surface area contributed by atoms with Crippen LogP contribution in [0.25, 0.3) is 21.9 Å². The van der Waals surface area contributed by atoms with Crippen molar-refractivity contribution >= 4 is 45.0 Å². The van der Waals surface area contributed by atoms with Crippen molar-refractivity contribution < 1.29 is 4.74 Å². The van der Waals surface area contributed by atoms with Crippen molar-refractivity contribution in [2.75, 3.05) is 13.4 Å². The van der Waals surface area contributed by atoms with Crippen molar-refractivity contribution in [2.24, 2.45) is 0 Å². The van der Waals surface area contributed by atoms with Gasteiger partial charge < -0.3 is 9.72 Å². The molecule has 2 aromatic heterocycles. The van der Waals surface area contributed by atoms with E-state index in [1.54, 1.807) is 24.9 Å². The predicted octanol–water partition coefficient (Wildman–Crippen LogP) is 4.28. The number of fused-ring (bicyclic) bond motifs is 1. The zero-order valence-corrected chi connectivity index (χ0v) is 14.7. The SMILES string of the molecule is COc1ccc(/C=C(\C)c2nc3sccc3c(=O)[nH]2)cc1SC. The molecule has 0 unspecified atom stereocenters. The van der Waals surface area contributed by atoms with Crippen molar-refractivity contribution in [2.45, 2.75) is 11.8 Å². The van der Waals surface area contributed by atoms with Crippen LogP contribution in [0.1, 0.15) is 18.3 Å². The van der Waals surface area contributed by atoms with Crippen LogP contribution in [0.4, 0.5) is 0 Å². The van der Waals surface area contributed by atoms with Gasteiger partial charge in [0, 0.05) is 4.90 Å². The van der Waals surface area contributed by atoms with Crippen LogP contribution in [0.5, 0.6) is 5.75 Å². The largest absolute Gasteiger partial charge is 0.496 e. The second-order valence-electron chi connectivity index (χ2n) is 5.00. The number of rotatable bonds is 4. The summed E-state index contributed by atoms with van der Waals surface area (Å²) in [5.74, 6) is 1.46. The maximum atomic E-state index is 12.1. The molecule has 0 aliphatic carbocycles. The van der Waals surface area contributed by atoms with Gasteiger partial charge in [0.05, 0.1) is 12.5 Å². The molecule has 1 aromatic carbocycles. The number of benzene rings is 1. The minimum atomic E-state index is -0.0986. The molecule has 0 saturated carbocycles. The zero-order valence-electron chi connectivity index (χ0n) is 13.0. The third-order valence-electron chi connectivity index (χ3n) is 3.50. The molecule has 2 heterocycles. The average molecular weight is 344 g/mol. The standard InChI is InChI=1S/C17H16N2O2S2/c1-10(8-11-4-5-13(21-2)14(9-11)22-3)15-18-16(20)12-6-7-23-17(12)19-15/h4-9H,1-3H3,(H,18,19,20)/b10-8+. The van der Waals surface area contributed by atoms with Gasteiger partial charge in [0.15, 0.2) is 0 Å². The van der Waals surface area contributed by atoms with Gasteiger partial charge in [0.25, 0.3) is 5.56 Å². The first-order chi connectivity index (χ1) is 11.1. The van der Waals surface area contributed by atoms with E-state index in [2.05, 4.69) is 16.0 Å². The molecule has 3 aromatic rings. The molecule has 1 N–H and O–H groups in total. The molecule has 0 aliphatic rings. The van der Waals surface area contributed by atoms with Gasteiger partial charge in [-0.05, 0) is 54.0 Å². The lowest BCUT2D eigenvalue weighted by molar-refractivity contribution is 0.405. The van der Waals surface area contributed by atoms with E-state index in [0.29, 0.717) is 11.2 Å². The number of thiophene rings is 1. The maximum Gasteiger partial charge on any atom is 0.259 e.